The molecule has 1 unspecified atom stereocenters. The Balaban J connectivity index is 1.84. The van der Waals surface area contributed by atoms with E-state index in [0.29, 0.717) is 28.2 Å². The van der Waals surface area contributed by atoms with Crippen molar-refractivity contribution in [2.24, 2.45) is 5.92 Å². The number of piperidine rings is 1. The average Bonchev–Trinajstić information content (AvgIpc) is 3.01. The van der Waals surface area contributed by atoms with Gasteiger partial charge in [-0.1, -0.05) is 17.7 Å². The third-order valence-corrected chi connectivity index (χ3v) is 5.70. The molecule has 2 rings (SSSR count). The number of nitrogens with one attached hydrogen (secondary N) is 1. The lowest BCUT2D eigenvalue weighted by molar-refractivity contribution is 0.0178. The normalized spacial score (nSPS) is 16.7. The van der Waals surface area contributed by atoms with Gasteiger partial charge in [0.15, 0.2) is 0 Å². The van der Waals surface area contributed by atoms with E-state index in [2.05, 4.69) is 11.9 Å². The van der Waals surface area contributed by atoms with E-state index in [4.69, 9.17) is 16.3 Å². The number of hydrogen-bond acceptors (Lipinski definition) is 4. The Morgan fingerprint density at radius 1 is 1.41 bits per heavy atom. The number of amides is 2. The molecular formula is C20H29ClN2O3S. The van der Waals surface area contributed by atoms with Gasteiger partial charge in [-0.15, -0.1) is 17.9 Å². The molecule has 1 aromatic heterocycles. The Hall–Kier alpha value is -1.53. The molecule has 0 radical (unpaired) electrons. The number of carbonyl (C=O) groups is 2. The fourth-order valence-corrected chi connectivity index (χ4v) is 4.13. The Bertz CT molecular complexity index is 660. The summed E-state index contributed by atoms with van der Waals surface area (Å²) >= 11 is 7.20. The zero-order chi connectivity index (χ0) is 20.0. The van der Waals surface area contributed by atoms with E-state index in [1.165, 1.54) is 11.3 Å². The maximum atomic E-state index is 12.4. The molecule has 0 aliphatic carbocycles. The molecule has 0 aromatic carbocycles. The minimum absolute atomic E-state index is 0.0361. The molecule has 27 heavy (non-hydrogen) atoms. The summed E-state index contributed by atoms with van der Waals surface area (Å²) in [6.45, 7) is 10.8. The Labute approximate surface area is 170 Å². The molecule has 5 nitrogen and oxygen atoms in total. The molecule has 2 heterocycles. The van der Waals surface area contributed by atoms with Crippen molar-refractivity contribution < 1.29 is 14.3 Å². The van der Waals surface area contributed by atoms with Crippen molar-refractivity contribution in [3.05, 3.63) is 34.0 Å². The minimum atomic E-state index is -0.474. The monoisotopic (exact) mass is 412 g/mol. The molecule has 1 atom stereocenters. The van der Waals surface area contributed by atoms with Crippen LogP contribution in [0.5, 0.6) is 0 Å². The summed E-state index contributed by atoms with van der Waals surface area (Å²) in [4.78, 5) is 27.0. The van der Waals surface area contributed by atoms with Crippen LogP contribution in [0.1, 0.15) is 56.1 Å². The molecule has 0 bridgehead atoms. The molecule has 1 aliphatic heterocycles. The molecule has 1 saturated heterocycles. The van der Waals surface area contributed by atoms with Gasteiger partial charge in [0, 0.05) is 19.1 Å². The van der Waals surface area contributed by atoms with Crippen LogP contribution < -0.4 is 5.32 Å². The summed E-state index contributed by atoms with van der Waals surface area (Å²) in [6, 6.07) is 3.51. The number of thiophene rings is 1. The minimum Gasteiger partial charge on any atom is -0.444 e. The van der Waals surface area contributed by atoms with Crippen LogP contribution in [0.3, 0.4) is 0 Å². The molecule has 1 aromatic rings. The van der Waals surface area contributed by atoms with E-state index >= 15 is 0 Å². The van der Waals surface area contributed by atoms with Crippen LogP contribution in [-0.2, 0) is 4.74 Å². The lowest BCUT2D eigenvalue weighted by Crippen LogP contribution is -2.43. The first-order valence-electron chi connectivity index (χ1n) is 9.33. The molecule has 1 aliphatic rings. The predicted octanol–water partition coefficient (Wildman–Crippen LogP) is 5.11. The zero-order valence-electron chi connectivity index (χ0n) is 16.3. The van der Waals surface area contributed by atoms with Crippen molar-refractivity contribution >= 4 is 34.9 Å². The van der Waals surface area contributed by atoms with E-state index in [9.17, 15) is 9.59 Å². The highest BCUT2D eigenvalue weighted by Gasteiger charge is 2.28. The largest absolute Gasteiger partial charge is 0.444 e. The van der Waals surface area contributed by atoms with Gasteiger partial charge in [0.2, 0.25) is 0 Å². The van der Waals surface area contributed by atoms with Gasteiger partial charge in [-0.3, -0.25) is 4.79 Å². The van der Waals surface area contributed by atoms with E-state index in [1.54, 1.807) is 17.0 Å². The number of ether oxygens (including phenoxy) is 1. The Morgan fingerprint density at radius 3 is 2.59 bits per heavy atom. The van der Waals surface area contributed by atoms with E-state index in [0.717, 1.165) is 25.7 Å². The SMILES string of the molecule is C=CCC(CC1CCN(C(=O)OC(C)(C)C)CC1)NC(=O)c1ccc(Cl)s1. The predicted molar refractivity (Wildman–Crippen MR) is 111 cm³/mol. The maximum Gasteiger partial charge on any atom is 0.410 e. The van der Waals surface area contributed by atoms with Crippen molar-refractivity contribution in [3.63, 3.8) is 0 Å². The highest BCUT2D eigenvalue weighted by atomic mass is 35.5. The van der Waals surface area contributed by atoms with Crippen LogP contribution in [0.4, 0.5) is 4.79 Å². The highest BCUT2D eigenvalue weighted by molar-refractivity contribution is 7.18. The van der Waals surface area contributed by atoms with Gasteiger partial charge in [-0.05, 0) is 64.5 Å². The van der Waals surface area contributed by atoms with Crippen molar-refractivity contribution in [2.75, 3.05) is 13.1 Å². The van der Waals surface area contributed by atoms with Crippen molar-refractivity contribution in [2.45, 2.75) is 58.1 Å². The second-order valence-electron chi connectivity index (χ2n) is 7.94. The molecular weight excluding hydrogens is 384 g/mol. The molecule has 1 fully saturated rings. The van der Waals surface area contributed by atoms with Crippen molar-refractivity contribution in [1.82, 2.24) is 10.2 Å². The zero-order valence-corrected chi connectivity index (χ0v) is 17.9. The molecule has 150 valence electrons. The third kappa shape index (κ3) is 7.18. The van der Waals surface area contributed by atoms with Gasteiger partial charge in [-0.25, -0.2) is 4.79 Å². The number of halogens is 1. The highest BCUT2D eigenvalue weighted by Crippen LogP contribution is 2.25. The second kappa shape index (κ2) is 9.60. The van der Waals surface area contributed by atoms with Gasteiger partial charge < -0.3 is 15.0 Å². The summed E-state index contributed by atoms with van der Waals surface area (Å²) in [7, 11) is 0. The van der Waals surface area contributed by atoms with E-state index < -0.39 is 5.60 Å². The van der Waals surface area contributed by atoms with Gasteiger partial charge in [0.05, 0.1) is 9.21 Å². The summed E-state index contributed by atoms with van der Waals surface area (Å²) < 4.78 is 6.05. The topological polar surface area (TPSA) is 58.6 Å². The molecule has 0 saturated carbocycles. The fraction of sp³-hybridized carbons (Fsp3) is 0.600. The van der Waals surface area contributed by atoms with E-state index in [1.807, 2.05) is 26.8 Å². The smallest absolute Gasteiger partial charge is 0.410 e. The van der Waals surface area contributed by atoms with Gasteiger partial charge >= 0.3 is 6.09 Å². The van der Waals surface area contributed by atoms with Crippen molar-refractivity contribution in [3.8, 4) is 0 Å². The van der Waals surface area contributed by atoms with E-state index in [-0.39, 0.29) is 18.0 Å². The number of nitrogens with zero attached hydrogens (tertiary/aromatic N) is 1. The third-order valence-electron chi connectivity index (χ3n) is 4.47. The van der Waals surface area contributed by atoms with Crippen molar-refractivity contribution in [1.29, 1.82) is 0 Å². The Morgan fingerprint density at radius 2 is 2.07 bits per heavy atom. The molecule has 7 heteroatoms. The number of carbonyl (C=O) groups excluding carboxylic acids is 2. The number of rotatable bonds is 6. The first-order valence-corrected chi connectivity index (χ1v) is 10.5. The summed E-state index contributed by atoms with van der Waals surface area (Å²) in [5, 5.41) is 3.10. The molecule has 0 spiro atoms. The summed E-state index contributed by atoms with van der Waals surface area (Å²) in [5.41, 5.74) is -0.474. The second-order valence-corrected chi connectivity index (χ2v) is 9.66. The van der Waals surface area contributed by atoms with Crippen LogP contribution in [0, 0.1) is 5.92 Å². The fourth-order valence-electron chi connectivity index (χ4n) is 3.19. The first kappa shape index (κ1) is 21.8. The van der Waals surface area contributed by atoms with Crippen LogP contribution in [-0.4, -0.2) is 41.6 Å². The Kier molecular flexibility index (Phi) is 7.74. The number of hydrogen-bond donors (Lipinski definition) is 1. The van der Waals surface area contributed by atoms with Crippen LogP contribution in [0.25, 0.3) is 0 Å². The standard InChI is InChI=1S/C20H29ClN2O3S/c1-5-6-15(22-18(24)16-7-8-17(21)27-16)13-14-9-11-23(12-10-14)19(25)26-20(2,3)4/h5,7-8,14-15H,1,6,9-13H2,2-4H3,(H,22,24). The number of likely N-dealkylation sites (tertiary alicyclic amines) is 1. The molecule has 1 N–H and O–H groups in total. The van der Waals surface area contributed by atoms with Crippen LogP contribution >= 0.6 is 22.9 Å². The first-order chi connectivity index (χ1) is 12.7. The van der Waals surface area contributed by atoms with Crippen LogP contribution in [0.15, 0.2) is 24.8 Å². The average molecular weight is 413 g/mol. The quantitative estimate of drug-likeness (QED) is 0.660. The van der Waals surface area contributed by atoms with Gasteiger partial charge in [0.25, 0.3) is 5.91 Å². The lowest BCUT2D eigenvalue weighted by Gasteiger charge is -2.34. The van der Waals surface area contributed by atoms with Gasteiger partial charge in [-0.2, -0.15) is 0 Å². The molecule has 2 amide bonds. The van der Waals surface area contributed by atoms with Crippen LogP contribution in [0.2, 0.25) is 4.34 Å². The maximum absolute atomic E-state index is 12.4. The summed E-state index contributed by atoms with van der Waals surface area (Å²) in [5.74, 6) is 0.366. The lowest BCUT2D eigenvalue weighted by atomic mass is 9.89. The van der Waals surface area contributed by atoms with Gasteiger partial charge in [0.1, 0.15) is 5.60 Å². The summed E-state index contributed by atoms with van der Waals surface area (Å²) in [6.07, 6.45) is 5.01.